The Bertz CT molecular complexity index is 512. The van der Waals surface area contributed by atoms with E-state index in [1.807, 2.05) is 29.8 Å². The zero-order chi connectivity index (χ0) is 12.4. The first-order valence-corrected chi connectivity index (χ1v) is 6.54. The predicted octanol–water partition coefficient (Wildman–Crippen LogP) is 2.04. The Morgan fingerprint density at radius 3 is 2.61 bits per heavy atom. The molecule has 3 rings (SSSR count). The summed E-state index contributed by atoms with van der Waals surface area (Å²) in [6.45, 7) is 4.11. The number of aromatic nitrogens is 3. The predicted molar refractivity (Wildman–Crippen MR) is 70.9 cm³/mol. The van der Waals surface area contributed by atoms with Crippen LogP contribution in [0.15, 0.2) is 30.3 Å². The van der Waals surface area contributed by atoms with Crippen molar-refractivity contribution in [3.8, 4) is 5.69 Å². The van der Waals surface area contributed by atoms with Gasteiger partial charge >= 0.3 is 0 Å². The molecule has 2 aromatic rings. The van der Waals surface area contributed by atoms with E-state index in [0.717, 1.165) is 43.3 Å². The summed E-state index contributed by atoms with van der Waals surface area (Å²) >= 11 is 0. The fourth-order valence-electron chi connectivity index (χ4n) is 2.53. The third-order valence-electron chi connectivity index (χ3n) is 3.44. The highest BCUT2D eigenvalue weighted by Gasteiger charge is 2.22. The van der Waals surface area contributed by atoms with Crippen molar-refractivity contribution in [2.24, 2.45) is 0 Å². The summed E-state index contributed by atoms with van der Waals surface area (Å²) in [4.78, 5) is 4.63. The Balaban J connectivity index is 1.99. The van der Waals surface area contributed by atoms with E-state index in [4.69, 9.17) is 0 Å². The van der Waals surface area contributed by atoms with Crippen LogP contribution in [0, 0.1) is 6.92 Å². The molecule has 1 aromatic heterocycles. The Morgan fingerprint density at radius 2 is 1.89 bits per heavy atom. The number of hydrogen-bond donors (Lipinski definition) is 1. The number of benzene rings is 1. The van der Waals surface area contributed by atoms with Gasteiger partial charge in [0.1, 0.15) is 11.6 Å². The highest BCUT2D eigenvalue weighted by Crippen LogP contribution is 2.25. The number of nitrogens with one attached hydrogen (secondary N) is 1. The molecular formula is C14H18N4. The average molecular weight is 242 g/mol. The van der Waals surface area contributed by atoms with Crippen molar-refractivity contribution in [2.45, 2.75) is 25.7 Å². The molecule has 0 unspecified atom stereocenters. The van der Waals surface area contributed by atoms with Crippen molar-refractivity contribution in [2.75, 3.05) is 13.1 Å². The van der Waals surface area contributed by atoms with Crippen LogP contribution in [0.5, 0.6) is 0 Å². The molecule has 1 saturated heterocycles. The molecule has 1 aliphatic rings. The zero-order valence-corrected chi connectivity index (χ0v) is 10.6. The van der Waals surface area contributed by atoms with Gasteiger partial charge in [-0.1, -0.05) is 18.2 Å². The van der Waals surface area contributed by atoms with Crippen LogP contribution in [0.2, 0.25) is 0 Å². The van der Waals surface area contributed by atoms with Crippen LogP contribution in [0.4, 0.5) is 0 Å². The Morgan fingerprint density at radius 1 is 1.17 bits per heavy atom. The first kappa shape index (κ1) is 11.4. The minimum absolute atomic E-state index is 0.521. The summed E-state index contributed by atoms with van der Waals surface area (Å²) < 4.78 is 2.01. The summed E-state index contributed by atoms with van der Waals surface area (Å²) in [5.41, 5.74) is 1.10. The van der Waals surface area contributed by atoms with Crippen LogP contribution in [0.25, 0.3) is 5.69 Å². The third-order valence-corrected chi connectivity index (χ3v) is 3.44. The normalized spacial score (nSPS) is 16.9. The number of hydrogen-bond acceptors (Lipinski definition) is 3. The van der Waals surface area contributed by atoms with E-state index >= 15 is 0 Å². The molecule has 4 nitrogen and oxygen atoms in total. The van der Waals surface area contributed by atoms with Gasteiger partial charge in [-0.25, -0.2) is 9.67 Å². The molecule has 0 radical (unpaired) electrons. The van der Waals surface area contributed by atoms with Gasteiger partial charge in [0.05, 0.1) is 5.69 Å². The molecule has 1 aromatic carbocycles. The molecule has 0 saturated carbocycles. The van der Waals surface area contributed by atoms with E-state index < -0.39 is 0 Å². The zero-order valence-electron chi connectivity index (χ0n) is 10.6. The number of nitrogens with zero attached hydrogens (tertiary/aromatic N) is 3. The lowest BCUT2D eigenvalue weighted by Gasteiger charge is -2.22. The number of para-hydroxylation sites is 1. The van der Waals surface area contributed by atoms with Crippen molar-refractivity contribution in [1.82, 2.24) is 20.1 Å². The topological polar surface area (TPSA) is 42.7 Å². The van der Waals surface area contributed by atoms with Crippen LogP contribution in [-0.2, 0) is 0 Å². The lowest BCUT2D eigenvalue weighted by molar-refractivity contribution is 0.438. The van der Waals surface area contributed by atoms with Crippen molar-refractivity contribution in [3.63, 3.8) is 0 Å². The molecule has 1 fully saturated rings. The summed E-state index contributed by atoms with van der Waals surface area (Å²) in [5, 5.41) is 7.93. The van der Waals surface area contributed by atoms with Gasteiger partial charge < -0.3 is 5.32 Å². The van der Waals surface area contributed by atoms with E-state index in [1.165, 1.54) is 0 Å². The van der Waals surface area contributed by atoms with E-state index in [-0.39, 0.29) is 0 Å². The average Bonchev–Trinajstić information content (AvgIpc) is 2.83. The monoisotopic (exact) mass is 242 g/mol. The highest BCUT2D eigenvalue weighted by atomic mass is 15.4. The smallest absolute Gasteiger partial charge is 0.148 e. The molecular weight excluding hydrogens is 224 g/mol. The van der Waals surface area contributed by atoms with Gasteiger partial charge in [0.25, 0.3) is 0 Å². The fraction of sp³-hybridized carbons (Fsp3) is 0.429. The van der Waals surface area contributed by atoms with Crippen molar-refractivity contribution < 1.29 is 0 Å². The first-order valence-electron chi connectivity index (χ1n) is 6.54. The van der Waals surface area contributed by atoms with Crippen molar-refractivity contribution in [3.05, 3.63) is 42.0 Å². The molecule has 0 bridgehead atoms. The summed E-state index contributed by atoms with van der Waals surface area (Å²) in [5.74, 6) is 2.49. The maximum atomic E-state index is 4.63. The van der Waals surface area contributed by atoms with Gasteiger partial charge in [-0.2, -0.15) is 5.10 Å². The van der Waals surface area contributed by atoms with Gasteiger partial charge in [0.2, 0.25) is 0 Å². The summed E-state index contributed by atoms with van der Waals surface area (Å²) in [7, 11) is 0. The molecule has 0 spiro atoms. The summed E-state index contributed by atoms with van der Waals surface area (Å²) in [6, 6.07) is 10.3. The maximum Gasteiger partial charge on any atom is 0.148 e. The molecule has 1 aliphatic heterocycles. The van der Waals surface area contributed by atoms with Gasteiger partial charge in [-0.3, -0.25) is 0 Å². The van der Waals surface area contributed by atoms with E-state index in [9.17, 15) is 0 Å². The van der Waals surface area contributed by atoms with Crippen LogP contribution in [-0.4, -0.2) is 27.9 Å². The standard InChI is InChI=1S/C14H18N4/c1-11-16-14(12-7-9-15-10-8-12)18(17-11)13-5-3-2-4-6-13/h2-6,12,15H,7-10H2,1H3. The molecule has 0 amide bonds. The molecule has 0 aliphatic carbocycles. The van der Waals surface area contributed by atoms with Gasteiger partial charge in [0, 0.05) is 5.92 Å². The van der Waals surface area contributed by atoms with Gasteiger partial charge in [-0.15, -0.1) is 0 Å². The lowest BCUT2D eigenvalue weighted by Crippen LogP contribution is -2.28. The minimum Gasteiger partial charge on any atom is -0.317 e. The SMILES string of the molecule is Cc1nc(C2CCNCC2)n(-c2ccccc2)n1. The largest absolute Gasteiger partial charge is 0.317 e. The molecule has 18 heavy (non-hydrogen) atoms. The Hall–Kier alpha value is -1.68. The quantitative estimate of drug-likeness (QED) is 0.876. The molecule has 94 valence electrons. The second-order valence-corrected chi connectivity index (χ2v) is 4.79. The van der Waals surface area contributed by atoms with Crippen LogP contribution in [0.3, 0.4) is 0 Å². The van der Waals surface area contributed by atoms with E-state index in [0.29, 0.717) is 5.92 Å². The number of aryl methyl sites for hydroxylation is 1. The van der Waals surface area contributed by atoms with Crippen LogP contribution in [0.1, 0.15) is 30.4 Å². The Labute approximate surface area is 107 Å². The van der Waals surface area contributed by atoms with Gasteiger partial charge in [-0.05, 0) is 45.0 Å². The molecule has 0 atom stereocenters. The van der Waals surface area contributed by atoms with E-state index in [2.05, 4.69) is 27.5 Å². The van der Waals surface area contributed by atoms with Crippen LogP contribution < -0.4 is 5.32 Å². The van der Waals surface area contributed by atoms with Crippen molar-refractivity contribution in [1.29, 1.82) is 0 Å². The summed E-state index contributed by atoms with van der Waals surface area (Å²) in [6.07, 6.45) is 2.29. The minimum atomic E-state index is 0.521. The van der Waals surface area contributed by atoms with Crippen molar-refractivity contribution >= 4 is 0 Å². The van der Waals surface area contributed by atoms with Gasteiger partial charge in [0.15, 0.2) is 0 Å². The fourth-order valence-corrected chi connectivity index (χ4v) is 2.53. The molecule has 1 N–H and O–H groups in total. The number of piperidine rings is 1. The highest BCUT2D eigenvalue weighted by molar-refractivity contribution is 5.32. The molecule has 2 heterocycles. The molecule has 4 heteroatoms. The third kappa shape index (κ3) is 2.16. The first-order chi connectivity index (χ1) is 8.84. The van der Waals surface area contributed by atoms with Crippen LogP contribution >= 0.6 is 0 Å². The maximum absolute atomic E-state index is 4.63. The lowest BCUT2D eigenvalue weighted by atomic mass is 9.97. The second kappa shape index (κ2) is 4.90. The second-order valence-electron chi connectivity index (χ2n) is 4.79. The number of rotatable bonds is 2. The van der Waals surface area contributed by atoms with E-state index in [1.54, 1.807) is 0 Å². The Kier molecular flexibility index (Phi) is 3.11.